The highest BCUT2D eigenvalue weighted by Gasteiger charge is 2.33. The number of alkyl halides is 3. The average molecular weight is 257 g/mol. The van der Waals surface area contributed by atoms with E-state index in [4.69, 9.17) is 0 Å². The van der Waals surface area contributed by atoms with Crippen molar-refractivity contribution in [1.82, 2.24) is 4.98 Å². The van der Waals surface area contributed by atoms with Gasteiger partial charge in [-0.1, -0.05) is 6.07 Å². The molecule has 0 aliphatic rings. The topological polar surface area (TPSA) is 15.8 Å². The van der Waals surface area contributed by atoms with Crippen LogP contribution in [0.5, 0.6) is 0 Å². The third-order valence-corrected chi connectivity index (χ3v) is 2.80. The molecule has 0 aliphatic carbocycles. The van der Waals surface area contributed by atoms with E-state index in [2.05, 4.69) is 4.98 Å². The quantitative estimate of drug-likeness (QED) is 0.780. The number of H-pyrrole nitrogens is 1. The van der Waals surface area contributed by atoms with Crippen LogP contribution in [0.1, 0.15) is 22.3 Å². The summed E-state index contributed by atoms with van der Waals surface area (Å²) in [5.41, 5.74) is 1.23. The maximum atomic E-state index is 13.3. The van der Waals surface area contributed by atoms with E-state index in [9.17, 15) is 17.6 Å². The van der Waals surface area contributed by atoms with Gasteiger partial charge in [-0.3, -0.25) is 0 Å². The summed E-state index contributed by atoms with van der Waals surface area (Å²) < 4.78 is 50.5. The van der Waals surface area contributed by atoms with Gasteiger partial charge < -0.3 is 4.98 Å². The van der Waals surface area contributed by atoms with E-state index in [0.29, 0.717) is 12.0 Å². The van der Waals surface area contributed by atoms with Crippen molar-refractivity contribution in [1.29, 1.82) is 0 Å². The monoisotopic (exact) mass is 257 g/mol. The summed E-state index contributed by atoms with van der Waals surface area (Å²) in [6, 6.07) is 3.03. The standard InChI is InChI=1S/C13H11F4N/c1-8-6-18-7-10(8)4-9-2-3-11(12(14)5-9)13(15,16)17/h2-3,5-7,18H,4H2,1H3. The van der Waals surface area contributed by atoms with Crippen molar-refractivity contribution in [2.45, 2.75) is 19.5 Å². The molecule has 1 nitrogen and oxygen atoms in total. The number of rotatable bonds is 2. The Hall–Kier alpha value is -1.78. The highest BCUT2D eigenvalue weighted by atomic mass is 19.4. The molecule has 5 heteroatoms. The van der Waals surface area contributed by atoms with Gasteiger partial charge in [-0.2, -0.15) is 13.2 Å². The summed E-state index contributed by atoms with van der Waals surface area (Å²) in [6.07, 6.45) is -0.697. The molecule has 0 unspecified atom stereocenters. The predicted octanol–water partition coefficient (Wildman–Crippen LogP) is 4.07. The Labute approximate surface area is 101 Å². The zero-order chi connectivity index (χ0) is 13.3. The van der Waals surface area contributed by atoms with Gasteiger partial charge in [0.05, 0.1) is 5.56 Å². The molecule has 0 amide bonds. The molecular weight excluding hydrogens is 246 g/mol. The van der Waals surface area contributed by atoms with Crippen LogP contribution in [-0.4, -0.2) is 4.98 Å². The third kappa shape index (κ3) is 2.55. The van der Waals surface area contributed by atoms with Crippen LogP contribution >= 0.6 is 0 Å². The Morgan fingerprint density at radius 3 is 2.39 bits per heavy atom. The average Bonchev–Trinajstić information content (AvgIpc) is 2.62. The third-order valence-electron chi connectivity index (χ3n) is 2.80. The van der Waals surface area contributed by atoms with E-state index in [1.54, 1.807) is 12.4 Å². The van der Waals surface area contributed by atoms with E-state index in [0.717, 1.165) is 23.3 Å². The predicted molar refractivity (Wildman–Crippen MR) is 59.7 cm³/mol. The van der Waals surface area contributed by atoms with Gasteiger partial charge in [0.15, 0.2) is 0 Å². The molecule has 1 N–H and O–H groups in total. The normalized spacial score (nSPS) is 11.8. The Kier molecular flexibility index (Phi) is 3.15. The highest BCUT2D eigenvalue weighted by Crippen LogP contribution is 2.31. The van der Waals surface area contributed by atoms with Gasteiger partial charge in [0.1, 0.15) is 5.82 Å². The van der Waals surface area contributed by atoms with Crippen molar-refractivity contribution in [2.75, 3.05) is 0 Å². The summed E-state index contributed by atoms with van der Waals surface area (Å²) in [6.45, 7) is 1.88. The maximum absolute atomic E-state index is 13.3. The summed E-state index contributed by atoms with van der Waals surface area (Å²) in [7, 11) is 0. The molecule has 0 atom stereocenters. The van der Waals surface area contributed by atoms with Gasteiger partial charge >= 0.3 is 6.18 Å². The van der Waals surface area contributed by atoms with Gasteiger partial charge in [0.25, 0.3) is 0 Å². The molecule has 0 radical (unpaired) electrons. The van der Waals surface area contributed by atoms with Crippen molar-refractivity contribution >= 4 is 0 Å². The van der Waals surface area contributed by atoms with Crippen LogP contribution < -0.4 is 0 Å². The van der Waals surface area contributed by atoms with Crippen molar-refractivity contribution in [3.63, 3.8) is 0 Å². The van der Waals surface area contributed by atoms with Gasteiger partial charge in [-0.15, -0.1) is 0 Å². The van der Waals surface area contributed by atoms with Crippen LogP contribution in [0.15, 0.2) is 30.6 Å². The van der Waals surface area contributed by atoms with E-state index >= 15 is 0 Å². The molecule has 1 heterocycles. The number of nitrogens with one attached hydrogen (secondary N) is 1. The Morgan fingerprint density at radius 2 is 1.89 bits per heavy atom. The van der Waals surface area contributed by atoms with E-state index in [-0.39, 0.29) is 0 Å². The van der Waals surface area contributed by atoms with Crippen LogP contribution in [0.4, 0.5) is 17.6 Å². The number of benzene rings is 1. The first kappa shape index (κ1) is 12.7. The molecule has 2 rings (SSSR count). The number of aryl methyl sites for hydroxylation is 1. The molecule has 1 aromatic carbocycles. The molecule has 2 aromatic rings. The summed E-state index contributed by atoms with van der Waals surface area (Å²) >= 11 is 0. The second-order valence-electron chi connectivity index (χ2n) is 4.15. The zero-order valence-electron chi connectivity index (χ0n) is 9.61. The van der Waals surface area contributed by atoms with Gasteiger partial charge in [0.2, 0.25) is 0 Å². The minimum atomic E-state index is -4.65. The van der Waals surface area contributed by atoms with Crippen molar-refractivity contribution < 1.29 is 17.6 Å². The molecular formula is C13H11F4N. The lowest BCUT2D eigenvalue weighted by atomic mass is 10.0. The fraction of sp³-hybridized carbons (Fsp3) is 0.231. The summed E-state index contributed by atoms with van der Waals surface area (Å²) in [5, 5.41) is 0. The maximum Gasteiger partial charge on any atom is 0.419 e. The number of aromatic amines is 1. The van der Waals surface area contributed by atoms with Crippen molar-refractivity contribution in [3.8, 4) is 0 Å². The first-order chi connectivity index (χ1) is 8.38. The van der Waals surface area contributed by atoms with Crippen LogP contribution in [0, 0.1) is 12.7 Å². The first-order valence-corrected chi connectivity index (χ1v) is 5.36. The lowest BCUT2D eigenvalue weighted by molar-refractivity contribution is -0.140. The molecule has 0 saturated heterocycles. The fourth-order valence-electron chi connectivity index (χ4n) is 1.78. The van der Waals surface area contributed by atoms with Crippen molar-refractivity contribution in [2.24, 2.45) is 0 Å². The van der Waals surface area contributed by atoms with E-state index in [1.165, 1.54) is 6.07 Å². The fourth-order valence-corrected chi connectivity index (χ4v) is 1.78. The summed E-state index contributed by atoms with van der Waals surface area (Å²) in [5.74, 6) is -1.23. The molecule has 0 bridgehead atoms. The van der Waals surface area contributed by atoms with Crippen LogP contribution in [0.25, 0.3) is 0 Å². The number of hydrogen-bond acceptors (Lipinski definition) is 0. The molecule has 0 saturated carbocycles. The molecule has 0 aliphatic heterocycles. The minimum absolute atomic E-state index is 0.407. The number of aromatic nitrogens is 1. The van der Waals surface area contributed by atoms with Crippen LogP contribution in [0.2, 0.25) is 0 Å². The van der Waals surface area contributed by atoms with E-state index in [1.807, 2.05) is 6.92 Å². The first-order valence-electron chi connectivity index (χ1n) is 5.36. The van der Waals surface area contributed by atoms with Gasteiger partial charge in [-0.25, -0.2) is 4.39 Å². The van der Waals surface area contributed by atoms with Gasteiger partial charge in [0, 0.05) is 12.4 Å². The molecule has 0 fully saturated rings. The highest BCUT2D eigenvalue weighted by molar-refractivity contribution is 5.32. The lowest BCUT2D eigenvalue weighted by Crippen LogP contribution is -2.08. The Bertz CT molecular complexity index is 554. The summed E-state index contributed by atoms with van der Waals surface area (Å²) in [4.78, 5) is 2.89. The Morgan fingerprint density at radius 1 is 1.17 bits per heavy atom. The number of hydrogen-bond donors (Lipinski definition) is 1. The number of halogens is 4. The molecule has 96 valence electrons. The zero-order valence-corrected chi connectivity index (χ0v) is 9.61. The SMILES string of the molecule is Cc1c[nH]cc1Cc1ccc(C(F)(F)F)c(F)c1. The van der Waals surface area contributed by atoms with Crippen molar-refractivity contribution in [3.05, 3.63) is 58.7 Å². The second kappa shape index (κ2) is 4.48. The second-order valence-corrected chi connectivity index (χ2v) is 4.15. The molecule has 0 spiro atoms. The van der Waals surface area contributed by atoms with Gasteiger partial charge in [-0.05, 0) is 42.2 Å². The Balaban J connectivity index is 2.27. The molecule has 1 aromatic heterocycles. The van der Waals surface area contributed by atoms with Crippen LogP contribution in [0.3, 0.4) is 0 Å². The van der Waals surface area contributed by atoms with Crippen LogP contribution in [-0.2, 0) is 12.6 Å². The smallest absolute Gasteiger partial charge is 0.367 e. The van der Waals surface area contributed by atoms with E-state index < -0.39 is 17.6 Å². The molecule has 18 heavy (non-hydrogen) atoms. The minimum Gasteiger partial charge on any atom is -0.367 e. The largest absolute Gasteiger partial charge is 0.419 e. The lowest BCUT2D eigenvalue weighted by Gasteiger charge is -2.09.